The number of aryl methyl sites for hydroxylation is 2. The van der Waals surface area contributed by atoms with E-state index < -0.39 is 23.3 Å². The molecule has 0 N–H and O–H groups in total. The number of hydrogen-bond acceptors (Lipinski definition) is 3. The fourth-order valence-electron chi connectivity index (χ4n) is 2.69. The van der Waals surface area contributed by atoms with Gasteiger partial charge in [0.15, 0.2) is 5.60 Å². The van der Waals surface area contributed by atoms with E-state index in [1.54, 1.807) is 42.6 Å². The Morgan fingerprint density at radius 3 is 2.22 bits per heavy atom. The molecule has 2 aromatic rings. The van der Waals surface area contributed by atoms with Gasteiger partial charge in [0.25, 0.3) is 0 Å². The van der Waals surface area contributed by atoms with Crippen LogP contribution in [-0.2, 0) is 15.1 Å². The first kappa shape index (κ1) is 15.8. The Bertz CT molecular complexity index is 787. The van der Waals surface area contributed by atoms with Crippen molar-refractivity contribution >= 4 is 17.3 Å². The van der Waals surface area contributed by atoms with Gasteiger partial charge in [0.05, 0.1) is 0 Å². The van der Waals surface area contributed by atoms with Crippen molar-refractivity contribution < 1.29 is 22.7 Å². The van der Waals surface area contributed by atoms with E-state index in [0.717, 1.165) is 16.5 Å². The highest BCUT2D eigenvalue weighted by molar-refractivity contribution is 7.10. The van der Waals surface area contributed by atoms with Gasteiger partial charge in [-0.05, 0) is 31.4 Å². The highest BCUT2D eigenvalue weighted by atomic mass is 32.1. The van der Waals surface area contributed by atoms with Crippen molar-refractivity contribution in [2.75, 3.05) is 0 Å². The SMILES string of the molecule is Cc1ccc(C2(c3ccsc3C)C=C(C(F)(F)F)C(=O)O2)cc1. The van der Waals surface area contributed by atoms with Crippen LogP contribution in [0, 0.1) is 13.8 Å². The summed E-state index contributed by atoms with van der Waals surface area (Å²) in [5, 5.41) is 1.77. The summed E-state index contributed by atoms with van der Waals surface area (Å²) in [6.07, 6.45) is -3.84. The molecule has 120 valence electrons. The Kier molecular flexibility index (Phi) is 3.59. The van der Waals surface area contributed by atoms with Crippen LogP contribution in [0.1, 0.15) is 21.6 Å². The molecule has 1 atom stereocenters. The van der Waals surface area contributed by atoms with Gasteiger partial charge in [-0.3, -0.25) is 0 Å². The van der Waals surface area contributed by atoms with Crippen molar-refractivity contribution in [2.45, 2.75) is 25.6 Å². The Balaban J connectivity index is 2.25. The van der Waals surface area contributed by atoms with E-state index in [1.165, 1.54) is 11.3 Å². The second-order valence-electron chi connectivity index (χ2n) is 5.44. The molecule has 0 radical (unpaired) electrons. The van der Waals surface area contributed by atoms with Crippen LogP contribution in [0.3, 0.4) is 0 Å². The van der Waals surface area contributed by atoms with Gasteiger partial charge in [-0.25, -0.2) is 4.79 Å². The number of hydrogen-bond donors (Lipinski definition) is 0. The molecule has 0 aliphatic carbocycles. The number of carbonyl (C=O) groups is 1. The lowest BCUT2D eigenvalue weighted by Crippen LogP contribution is -2.27. The third kappa shape index (κ3) is 2.57. The zero-order chi connectivity index (χ0) is 16.8. The van der Waals surface area contributed by atoms with Crippen molar-refractivity contribution in [3.63, 3.8) is 0 Å². The lowest BCUT2D eigenvalue weighted by molar-refractivity contribution is -0.152. The van der Waals surface area contributed by atoms with Gasteiger partial charge >= 0.3 is 12.1 Å². The maximum absolute atomic E-state index is 13.1. The summed E-state index contributed by atoms with van der Waals surface area (Å²) >= 11 is 1.40. The zero-order valence-corrected chi connectivity index (χ0v) is 13.2. The molecular formula is C17H13F3O2S. The summed E-state index contributed by atoms with van der Waals surface area (Å²) in [6.45, 7) is 3.67. The maximum atomic E-state index is 13.1. The van der Waals surface area contributed by atoms with Gasteiger partial charge in [0.2, 0.25) is 0 Å². The van der Waals surface area contributed by atoms with Crippen molar-refractivity contribution in [3.05, 3.63) is 68.9 Å². The van der Waals surface area contributed by atoms with Crippen molar-refractivity contribution in [1.29, 1.82) is 0 Å². The molecule has 0 saturated heterocycles. The number of thiophene rings is 1. The highest BCUT2D eigenvalue weighted by Gasteiger charge is 2.52. The van der Waals surface area contributed by atoms with E-state index in [2.05, 4.69) is 0 Å². The van der Waals surface area contributed by atoms with Crippen LogP contribution in [0.25, 0.3) is 0 Å². The fourth-order valence-corrected chi connectivity index (χ4v) is 3.45. The van der Waals surface area contributed by atoms with E-state index >= 15 is 0 Å². The van der Waals surface area contributed by atoms with Gasteiger partial charge in [-0.2, -0.15) is 13.2 Å². The first-order valence-electron chi connectivity index (χ1n) is 6.89. The largest absolute Gasteiger partial charge is 0.441 e. The second-order valence-corrected chi connectivity index (χ2v) is 6.56. The normalized spacial score (nSPS) is 21.3. The molecule has 1 aliphatic rings. The van der Waals surface area contributed by atoms with Gasteiger partial charge in [0.1, 0.15) is 5.57 Å². The molecule has 23 heavy (non-hydrogen) atoms. The number of esters is 1. The van der Waals surface area contributed by atoms with Gasteiger partial charge in [-0.1, -0.05) is 29.8 Å². The Morgan fingerprint density at radius 1 is 1.09 bits per heavy atom. The molecule has 1 aromatic heterocycles. The van der Waals surface area contributed by atoms with Crippen LogP contribution < -0.4 is 0 Å². The number of rotatable bonds is 2. The van der Waals surface area contributed by atoms with Crippen LogP contribution >= 0.6 is 11.3 Å². The molecule has 0 spiro atoms. The predicted molar refractivity (Wildman–Crippen MR) is 81.2 cm³/mol. The minimum Gasteiger partial charge on any atom is -0.441 e. The van der Waals surface area contributed by atoms with Crippen LogP contribution in [0.15, 0.2) is 47.4 Å². The number of halogens is 3. The first-order valence-corrected chi connectivity index (χ1v) is 7.77. The number of carbonyl (C=O) groups excluding carboxylic acids is 1. The van der Waals surface area contributed by atoms with E-state index in [4.69, 9.17) is 4.74 Å². The molecule has 2 heterocycles. The highest BCUT2D eigenvalue weighted by Crippen LogP contribution is 2.46. The molecule has 0 amide bonds. The monoisotopic (exact) mass is 338 g/mol. The summed E-state index contributed by atoms with van der Waals surface area (Å²) in [6, 6.07) is 8.64. The zero-order valence-electron chi connectivity index (χ0n) is 12.4. The van der Waals surface area contributed by atoms with Crippen molar-refractivity contribution in [1.82, 2.24) is 0 Å². The fraction of sp³-hybridized carbons (Fsp3) is 0.235. The number of benzene rings is 1. The third-order valence-corrected chi connectivity index (χ3v) is 4.71. The molecule has 2 nitrogen and oxygen atoms in total. The predicted octanol–water partition coefficient (Wildman–Crippen LogP) is 4.65. The van der Waals surface area contributed by atoms with Gasteiger partial charge in [-0.15, -0.1) is 11.3 Å². The Morgan fingerprint density at radius 2 is 1.74 bits per heavy atom. The Hall–Kier alpha value is -2.08. The second kappa shape index (κ2) is 5.23. The first-order chi connectivity index (χ1) is 10.7. The standard InChI is InChI=1S/C17H13F3O2S/c1-10-3-5-12(6-4-10)16(13-7-8-23-11(13)2)9-14(15(21)22-16)17(18,19)20/h3-9H,1-2H3. The molecule has 0 fully saturated rings. The minimum absolute atomic E-state index is 0.497. The molecule has 6 heteroatoms. The average Bonchev–Trinajstić information content (AvgIpc) is 3.03. The number of ether oxygens (including phenoxy) is 1. The summed E-state index contributed by atoms with van der Waals surface area (Å²) in [5.41, 5.74) is -0.769. The molecule has 1 aliphatic heterocycles. The smallest absolute Gasteiger partial charge is 0.423 e. The van der Waals surface area contributed by atoms with Crippen LogP contribution in [-0.4, -0.2) is 12.1 Å². The number of alkyl halides is 3. The average molecular weight is 338 g/mol. The van der Waals surface area contributed by atoms with Gasteiger partial charge in [0, 0.05) is 16.0 Å². The summed E-state index contributed by atoms with van der Waals surface area (Å²) in [5.74, 6) is -1.34. The summed E-state index contributed by atoms with van der Waals surface area (Å²) < 4.78 is 44.6. The van der Waals surface area contributed by atoms with E-state index in [1.807, 2.05) is 6.92 Å². The maximum Gasteiger partial charge on any atom is 0.423 e. The third-order valence-electron chi connectivity index (χ3n) is 3.87. The molecule has 1 unspecified atom stereocenters. The van der Waals surface area contributed by atoms with E-state index in [0.29, 0.717) is 11.1 Å². The van der Waals surface area contributed by atoms with Crippen molar-refractivity contribution in [3.8, 4) is 0 Å². The molecule has 3 rings (SSSR count). The van der Waals surface area contributed by atoms with E-state index in [9.17, 15) is 18.0 Å². The quantitative estimate of drug-likeness (QED) is 0.745. The summed E-state index contributed by atoms with van der Waals surface area (Å²) in [4.78, 5) is 12.7. The topological polar surface area (TPSA) is 26.3 Å². The van der Waals surface area contributed by atoms with Crippen LogP contribution in [0.5, 0.6) is 0 Å². The molecule has 0 saturated carbocycles. The number of cyclic esters (lactones) is 1. The lowest BCUT2D eigenvalue weighted by atomic mass is 9.85. The Labute approximate surface area is 135 Å². The lowest BCUT2D eigenvalue weighted by Gasteiger charge is -2.27. The van der Waals surface area contributed by atoms with E-state index in [-0.39, 0.29) is 0 Å². The molecule has 1 aromatic carbocycles. The molecular weight excluding hydrogens is 325 g/mol. The summed E-state index contributed by atoms with van der Waals surface area (Å²) in [7, 11) is 0. The van der Waals surface area contributed by atoms with Gasteiger partial charge < -0.3 is 4.74 Å². The van der Waals surface area contributed by atoms with Crippen LogP contribution in [0.4, 0.5) is 13.2 Å². The minimum atomic E-state index is -4.74. The molecule has 0 bridgehead atoms. The van der Waals surface area contributed by atoms with Crippen LogP contribution in [0.2, 0.25) is 0 Å². The van der Waals surface area contributed by atoms with Crippen molar-refractivity contribution in [2.24, 2.45) is 0 Å².